The van der Waals surface area contributed by atoms with Crippen molar-refractivity contribution < 1.29 is 14.5 Å². The first-order valence-corrected chi connectivity index (χ1v) is 8.07. The fourth-order valence-corrected chi connectivity index (χ4v) is 3.11. The van der Waals surface area contributed by atoms with Crippen LogP contribution in [0.2, 0.25) is 0 Å². The van der Waals surface area contributed by atoms with E-state index in [2.05, 4.69) is 10.00 Å². The fraction of sp³-hybridized carbons (Fsp3) is 0.500. The number of rotatable bonds is 5. The van der Waals surface area contributed by atoms with Gasteiger partial charge in [-0.05, 0) is 32.4 Å². The number of likely N-dealkylation sites (tertiary alicyclic amines) is 1. The number of benzene rings is 1. The molecule has 1 fully saturated rings. The van der Waals surface area contributed by atoms with Crippen LogP contribution in [-0.4, -0.2) is 45.3 Å². The summed E-state index contributed by atoms with van der Waals surface area (Å²) in [5.41, 5.74) is 0.773. The van der Waals surface area contributed by atoms with Crippen molar-refractivity contribution in [1.29, 1.82) is 0 Å². The van der Waals surface area contributed by atoms with Gasteiger partial charge in [-0.3, -0.25) is 24.5 Å². The number of carbonyl (C=O) groups excluding carboxylic acids is 1. The highest BCUT2D eigenvalue weighted by atomic mass is 16.6. The summed E-state index contributed by atoms with van der Waals surface area (Å²) in [5.74, 6) is -0.266. The Bertz CT molecular complexity index is 758. The molecule has 1 saturated heterocycles. The summed E-state index contributed by atoms with van der Waals surface area (Å²) in [6.45, 7) is 4.19. The summed E-state index contributed by atoms with van der Waals surface area (Å²) < 4.78 is 6.86. The molecule has 1 aliphatic rings. The Balaban J connectivity index is 1.75. The van der Waals surface area contributed by atoms with Gasteiger partial charge in [-0.2, -0.15) is 5.10 Å². The van der Waals surface area contributed by atoms with Crippen molar-refractivity contribution in [1.82, 2.24) is 14.7 Å². The van der Waals surface area contributed by atoms with Crippen molar-refractivity contribution in [3.8, 4) is 0 Å². The van der Waals surface area contributed by atoms with Gasteiger partial charge in [0.2, 0.25) is 0 Å². The van der Waals surface area contributed by atoms with Crippen LogP contribution in [0.25, 0.3) is 10.9 Å². The molecule has 0 spiro atoms. The highest BCUT2D eigenvalue weighted by Crippen LogP contribution is 2.23. The summed E-state index contributed by atoms with van der Waals surface area (Å²) in [6, 6.07) is 4.72. The van der Waals surface area contributed by atoms with E-state index in [0.717, 1.165) is 30.3 Å². The zero-order chi connectivity index (χ0) is 17.1. The minimum Gasteiger partial charge on any atom is -0.466 e. The van der Waals surface area contributed by atoms with Crippen molar-refractivity contribution in [2.24, 2.45) is 5.92 Å². The average Bonchev–Trinajstić information content (AvgIpc) is 2.97. The average molecular weight is 332 g/mol. The van der Waals surface area contributed by atoms with Gasteiger partial charge in [0, 0.05) is 24.1 Å². The molecule has 0 radical (unpaired) electrons. The maximum Gasteiger partial charge on any atom is 0.310 e. The van der Waals surface area contributed by atoms with Gasteiger partial charge >= 0.3 is 5.97 Å². The third-order valence-electron chi connectivity index (χ3n) is 4.30. The molecular formula is C16H20N4O4. The molecule has 8 heteroatoms. The van der Waals surface area contributed by atoms with Crippen molar-refractivity contribution in [2.75, 3.05) is 19.7 Å². The van der Waals surface area contributed by atoms with Gasteiger partial charge in [0.25, 0.3) is 5.69 Å². The largest absolute Gasteiger partial charge is 0.466 e. The maximum atomic E-state index is 11.9. The van der Waals surface area contributed by atoms with Crippen LogP contribution in [0.1, 0.15) is 19.8 Å². The summed E-state index contributed by atoms with van der Waals surface area (Å²) in [5, 5.41) is 16.2. The highest BCUT2D eigenvalue weighted by molar-refractivity contribution is 5.81. The smallest absolute Gasteiger partial charge is 0.310 e. The predicted octanol–water partition coefficient (Wildman–Crippen LogP) is 2.18. The standard InChI is InChI=1S/C16H20N4O4/c1-2-24-16(21)13-4-3-7-18(10-13)11-19-15-8-14(20(22)23)6-5-12(15)9-17-19/h5-6,8-9,13H,2-4,7,10-11H2,1H3/t13-/m0/s1. The lowest BCUT2D eigenvalue weighted by Gasteiger charge is -2.31. The first-order chi connectivity index (χ1) is 11.6. The second-order valence-electron chi connectivity index (χ2n) is 5.95. The summed E-state index contributed by atoms with van der Waals surface area (Å²) in [4.78, 5) is 24.6. The highest BCUT2D eigenvalue weighted by Gasteiger charge is 2.27. The molecule has 0 unspecified atom stereocenters. The third kappa shape index (κ3) is 3.38. The number of aromatic nitrogens is 2. The number of esters is 1. The maximum absolute atomic E-state index is 11.9. The van der Waals surface area contributed by atoms with Crippen LogP contribution in [0.4, 0.5) is 5.69 Å². The monoisotopic (exact) mass is 332 g/mol. The van der Waals surface area contributed by atoms with Gasteiger partial charge in [-0.1, -0.05) is 0 Å². The molecule has 1 atom stereocenters. The lowest BCUT2D eigenvalue weighted by atomic mass is 9.98. The van der Waals surface area contributed by atoms with Crippen molar-refractivity contribution >= 4 is 22.6 Å². The van der Waals surface area contributed by atoms with E-state index in [0.29, 0.717) is 19.8 Å². The number of carbonyl (C=O) groups is 1. The quantitative estimate of drug-likeness (QED) is 0.473. The molecule has 24 heavy (non-hydrogen) atoms. The summed E-state index contributed by atoms with van der Waals surface area (Å²) in [6.07, 6.45) is 3.45. The third-order valence-corrected chi connectivity index (χ3v) is 4.30. The number of ether oxygens (including phenoxy) is 1. The number of non-ortho nitro benzene ring substituents is 1. The second kappa shape index (κ2) is 6.96. The zero-order valence-corrected chi connectivity index (χ0v) is 13.6. The van der Waals surface area contributed by atoms with Crippen LogP contribution in [0.3, 0.4) is 0 Å². The van der Waals surface area contributed by atoms with E-state index in [-0.39, 0.29) is 17.6 Å². The molecule has 0 bridgehead atoms. The van der Waals surface area contributed by atoms with Crippen LogP contribution in [0.5, 0.6) is 0 Å². The molecule has 1 aromatic heterocycles. The van der Waals surface area contributed by atoms with E-state index >= 15 is 0 Å². The van der Waals surface area contributed by atoms with Gasteiger partial charge in [0.1, 0.15) is 0 Å². The summed E-state index contributed by atoms with van der Waals surface area (Å²) >= 11 is 0. The minimum absolute atomic E-state index is 0.0484. The molecule has 0 N–H and O–H groups in total. The Morgan fingerprint density at radius 2 is 2.33 bits per heavy atom. The SMILES string of the molecule is CCOC(=O)[C@H]1CCCN(Cn2ncc3ccc([N+](=O)[O-])cc32)C1. The molecule has 2 heterocycles. The Hall–Kier alpha value is -2.48. The number of fused-ring (bicyclic) bond motifs is 1. The molecule has 1 aliphatic heterocycles. The Labute approximate surface area is 139 Å². The van der Waals surface area contributed by atoms with Gasteiger partial charge < -0.3 is 4.74 Å². The minimum atomic E-state index is -0.408. The normalized spacial score (nSPS) is 18.6. The predicted molar refractivity (Wildman–Crippen MR) is 87.3 cm³/mol. The van der Waals surface area contributed by atoms with Gasteiger partial charge in [-0.15, -0.1) is 0 Å². The van der Waals surface area contributed by atoms with Crippen LogP contribution in [0.15, 0.2) is 24.4 Å². The van der Waals surface area contributed by atoms with E-state index in [1.54, 1.807) is 23.9 Å². The Morgan fingerprint density at radius 1 is 1.50 bits per heavy atom. The summed E-state index contributed by atoms with van der Waals surface area (Å²) in [7, 11) is 0. The topological polar surface area (TPSA) is 90.5 Å². The van der Waals surface area contributed by atoms with Gasteiger partial charge in [0.15, 0.2) is 0 Å². The van der Waals surface area contributed by atoms with Crippen LogP contribution < -0.4 is 0 Å². The first kappa shape index (κ1) is 16.4. The van der Waals surface area contributed by atoms with E-state index in [4.69, 9.17) is 4.74 Å². The molecular weight excluding hydrogens is 312 g/mol. The van der Waals surface area contributed by atoms with Gasteiger partial charge in [-0.25, -0.2) is 0 Å². The molecule has 3 rings (SSSR count). The lowest BCUT2D eigenvalue weighted by molar-refractivity contribution is -0.384. The molecule has 1 aromatic carbocycles. The first-order valence-electron chi connectivity index (χ1n) is 8.07. The molecule has 0 saturated carbocycles. The Morgan fingerprint density at radius 3 is 3.08 bits per heavy atom. The van der Waals surface area contributed by atoms with Crippen molar-refractivity contribution in [3.05, 3.63) is 34.5 Å². The fourth-order valence-electron chi connectivity index (χ4n) is 3.11. The number of hydrogen-bond donors (Lipinski definition) is 0. The number of nitro groups is 1. The molecule has 128 valence electrons. The number of nitro benzene ring substituents is 1. The zero-order valence-electron chi connectivity index (χ0n) is 13.6. The molecule has 2 aromatic rings. The van der Waals surface area contributed by atoms with Crippen LogP contribution >= 0.6 is 0 Å². The lowest BCUT2D eigenvalue weighted by Crippen LogP contribution is -2.40. The van der Waals surface area contributed by atoms with E-state index in [9.17, 15) is 14.9 Å². The van der Waals surface area contributed by atoms with Crippen molar-refractivity contribution in [3.63, 3.8) is 0 Å². The number of piperidine rings is 1. The second-order valence-corrected chi connectivity index (χ2v) is 5.95. The molecule has 0 aliphatic carbocycles. The van der Waals surface area contributed by atoms with E-state index in [1.165, 1.54) is 12.1 Å². The van der Waals surface area contributed by atoms with E-state index in [1.807, 2.05) is 0 Å². The van der Waals surface area contributed by atoms with E-state index < -0.39 is 4.92 Å². The number of hydrogen-bond acceptors (Lipinski definition) is 6. The van der Waals surface area contributed by atoms with Crippen LogP contribution in [-0.2, 0) is 16.2 Å². The number of nitrogens with zero attached hydrogens (tertiary/aromatic N) is 4. The van der Waals surface area contributed by atoms with Gasteiger partial charge in [0.05, 0.1) is 35.8 Å². The Kier molecular flexibility index (Phi) is 4.75. The molecule has 8 nitrogen and oxygen atoms in total. The van der Waals surface area contributed by atoms with Crippen molar-refractivity contribution in [2.45, 2.75) is 26.4 Å². The van der Waals surface area contributed by atoms with Crippen LogP contribution in [0, 0.1) is 16.0 Å². The molecule has 0 amide bonds.